The molecule has 4 rings (SSSR count). The highest BCUT2D eigenvalue weighted by Gasteiger charge is 2.40. The summed E-state index contributed by atoms with van der Waals surface area (Å²) in [5, 5.41) is 6.67. The van der Waals surface area contributed by atoms with Crippen molar-refractivity contribution in [1.82, 2.24) is 24.2 Å². The summed E-state index contributed by atoms with van der Waals surface area (Å²) in [6.45, 7) is 3.44. The number of hydrogen-bond acceptors (Lipinski definition) is 6. The van der Waals surface area contributed by atoms with Crippen molar-refractivity contribution in [3.05, 3.63) is 64.5 Å². The van der Waals surface area contributed by atoms with Crippen molar-refractivity contribution in [3.8, 4) is 0 Å². The number of hydrogen-bond donors (Lipinski definition) is 1. The first-order valence-electron chi connectivity index (χ1n) is 9.11. The Labute approximate surface area is 169 Å². The first-order valence-corrected chi connectivity index (χ1v) is 11.4. The van der Waals surface area contributed by atoms with Gasteiger partial charge in [-0.25, -0.2) is 18.4 Å². The summed E-state index contributed by atoms with van der Waals surface area (Å²) in [6, 6.07) is 10.1. The fourth-order valence-corrected chi connectivity index (χ4v) is 5.75. The third-order valence-electron chi connectivity index (χ3n) is 4.98. The molecule has 28 heavy (non-hydrogen) atoms. The van der Waals surface area contributed by atoms with Crippen LogP contribution in [0, 0.1) is 6.92 Å². The van der Waals surface area contributed by atoms with Crippen LogP contribution in [-0.4, -0.2) is 46.4 Å². The van der Waals surface area contributed by atoms with Crippen LogP contribution in [0.2, 0.25) is 0 Å². The van der Waals surface area contributed by atoms with Gasteiger partial charge in [-0.05, 0) is 12.5 Å². The van der Waals surface area contributed by atoms with E-state index in [1.54, 1.807) is 29.1 Å². The summed E-state index contributed by atoms with van der Waals surface area (Å²) in [5.74, 6) is 0.0701. The molecule has 0 spiro atoms. The van der Waals surface area contributed by atoms with E-state index in [0.29, 0.717) is 19.6 Å². The summed E-state index contributed by atoms with van der Waals surface area (Å²) in [6.07, 6.45) is 3.06. The van der Waals surface area contributed by atoms with Crippen molar-refractivity contribution < 1.29 is 8.42 Å². The second-order valence-electron chi connectivity index (χ2n) is 7.09. The minimum atomic E-state index is -3.62. The zero-order valence-corrected chi connectivity index (χ0v) is 17.4. The molecular formula is C19H23N5O2S2. The van der Waals surface area contributed by atoms with Crippen LogP contribution in [-0.2, 0) is 23.6 Å². The molecular weight excluding hydrogens is 394 g/mol. The predicted molar refractivity (Wildman–Crippen MR) is 109 cm³/mol. The van der Waals surface area contributed by atoms with Crippen LogP contribution in [0.15, 0.2) is 53.3 Å². The average Bonchev–Trinajstić information content (AvgIpc) is 3.40. The first kappa shape index (κ1) is 19.3. The van der Waals surface area contributed by atoms with Gasteiger partial charge in [0.1, 0.15) is 5.01 Å². The van der Waals surface area contributed by atoms with Crippen LogP contribution in [0.25, 0.3) is 0 Å². The summed E-state index contributed by atoms with van der Waals surface area (Å²) in [4.78, 5) is 8.55. The lowest BCUT2D eigenvalue weighted by Gasteiger charge is -2.19. The molecule has 1 N–H and O–H groups in total. The molecule has 1 fully saturated rings. The van der Waals surface area contributed by atoms with Crippen molar-refractivity contribution >= 4 is 21.4 Å². The summed E-state index contributed by atoms with van der Waals surface area (Å²) >= 11 is 1.62. The van der Waals surface area contributed by atoms with Gasteiger partial charge in [0.05, 0.1) is 6.33 Å². The van der Waals surface area contributed by atoms with E-state index < -0.39 is 10.0 Å². The number of thiazole rings is 1. The predicted octanol–water partition coefficient (Wildman–Crippen LogP) is 2.13. The Morgan fingerprint density at radius 2 is 2.04 bits per heavy atom. The number of imidazole rings is 1. The van der Waals surface area contributed by atoms with Gasteiger partial charge >= 0.3 is 0 Å². The summed E-state index contributed by atoms with van der Waals surface area (Å²) in [5.41, 5.74) is 2.14. The van der Waals surface area contributed by atoms with Gasteiger partial charge in [0.15, 0.2) is 5.03 Å². The Morgan fingerprint density at radius 3 is 2.68 bits per heavy atom. The van der Waals surface area contributed by atoms with E-state index in [2.05, 4.69) is 27.4 Å². The number of rotatable bonds is 6. The van der Waals surface area contributed by atoms with Gasteiger partial charge in [0.25, 0.3) is 10.0 Å². The van der Waals surface area contributed by atoms with E-state index in [4.69, 9.17) is 0 Å². The van der Waals surface area contributed by atoms with Gasteiger partial charge in [0, 0.05) is 55.9 Å². The molecule has 1 aliphatic rings. The summed E-state index contributed by atoms with van der Waals surface area (Å²) < 4.78 is 29.3. The minimum absolute atomic E-state index is 0.00472. The van der Waals surface area contributed by atoms with Crippen LogP contribution in [0.3, 0.4) is 0 Å². The van der Waals surface area contributed by atoms with E-state index in [-0.39, 0.29) is 17.0 Å². The van der Waals surface area contributed by atoms with Crippen molar-refractivity contribution in [3.63, 3.8) is 0 Å². The smallest absolute Gasteiger partial charge is 0.262 e. The Balaban J connectivity index is 1.57. The molecule has 2 atom stereocenters. The molecule has 1 aliphatic heterocycles. The number of benzene rings is 1. The zero-order chi connectivity index (χ0) is 19.7. The van der Waals surface area contributed by atoms with E-state index in [9.17, 15) is 8.42 Å². The van der Waals surface area contributed by atoms with Crippen molar-refractivity contribution in [2.75, 3.05) is 13.1 Å². The molecule has 148 valence electrons. The molecule has 0 amide bonds. The third kappa shape index (κ3) is 3.88. The highest BCUT2D eigenvalue weighted by Crippen LogP contribution is 2.31. The van der Waals surface area contributed by atoms with Crippen LogP contribution >= 0.6 is 11.3 Å². The molecule has 0 unspecified atom stereocenters. The summed E-state index contributed by atoms with van der Waals surface area (Å²) in [7, 11) is -1.86. The highest BCUT2D eigenvalue weighted by atomic mass is 32.2. The maximum Gasteiger partial charge on any atom is 0.262 e. The van der Waals surface area contributed by atoms with Crippen LogP contribution in [0.1, 0.15) is 22.2 Å². The van der Waals surface area contributed by atoms with E-state index in [1.807, 2.05) is 30.5 Å². The first-order chi connectivity index (χ1) is 13.4. The molecule has 0 saturated carbocycles. The van der Waals surface area contributed by atoms with Crippen molar-refractivity contribution in [1.29, 1.82) is 0 Å². The maximum absolute atomic E-state index is 13.1. The SMILES string of the molecule is Cc1csc(CN[C@H]2CN(S(=O)(=O)c3cn(C)cn3)C[C@@H]2c2ccccc2)n1. The Hall–Kier alpha value is -2.07. The molecule has 0 aliphatic carbocycles. The van der Waals surface area contributed by atoms with E-state index >= 15 is 0 Å². The molecule has 7 nitrogen and oxygen atoms in total. The Bertz CT molecular complexity index is 1050. The molecule has 1 saturated heterocycles. The Morgan fingerprint density at radius 1 is 1.25 bits per heavy atom. The third-order valence-corrected chi connectivity index (χ3v) is 7.67. The largest absolute Gasteiger partial charge is 0.339 e. The minimum Gasteiger partial charge on any atom is -0.339 e. The molecule has 0 radical (unpaired) electrons. The molecule has 1 aromatic carbocycles. The van der Waals surface area contributed by atoms with Gasteiger partial charge < -0.3 is 9.88 Å². The standard InChI is InChI=1S/C19H23N5O2S2/c1-14-12-27-18(22-14)8-20-17-10-24(9-16(17)15-6-4-3-5-7-15)28(25,26)19-11-23(2)13-21-19/h3-7,11-13,16-17,20H,8-10H2,1-2H3/t16-,17+/m1/s1. The van der Waals surface area contributed by atoms with Gasteiger partial charge in [-0.3, -0.25) is 0 Å². The number of nitrogens with one attached hydrogen (secondary N) is 1. The van der Waals surface area contributed by atoms with Crippen molar-refractivity contribution in [2.45, 2.75) is 30.5 Å². The van der Waals surface area contributed by atoms with Crippen molar-refractivity contribution in [2.24, 2.45) is 7.05 Å². The van der Waals surface area contributed by atoms with Gasteiger partial charge in [0.2, 0.25) is 0 Å². The average molecular weight is 418 g/mol. The molecule has 2 aromatic heterocycles. The lowest BCUT2D eigenvalue weighted by atomic mass is 9.94. The normalized spacial score (nSPS) is 20.6. The quantitative estimate of drug-likeness (QED) is 0.665. The second kappa shape index (κ2) is 7.75. The van der Waals surface area contributed by atoms with Crippen LogP contribution in [0.5, 0.6) is 0 Å². The number of nitrogens with zero attached hydrogens (tertiary/aromatic N) is 4. The molecule has 0 bridgehead atoms. The van der Waals surface area contributed by atoms with Gasteiger partial charge in [-0.2, -0.15) is 4.31 Å². The molecule has 3 heterocycles. The number of aromatic nitrogens is 3. The van der Waals surface area contributed by atoms with Gasteiger partial charge in [-0.1, -0.05) is 30.3 Å². The van der Waals surface area contributed by atoms with Crippen LogP contribution in [0.4, 0.5) is 0 Å². The second-order valence-corrected chi connectivity index (χ2v) is 9.91. The molecule has 9 heteroatoms. The van der Waals surface area contributed by atoms with Crippen LogP contribution < -0.4 is 5.32 Å². The fraction of sp³-hybridized carbons (Fsp3) is 0.368. The topological polar surface area (TPSA) is 80.1 Å². The lowest BCUT2D eigenvalue weighted by molar-refractivity contribution is 0.454. The lowest BCUT2D eigenvalue weighted by Crippen LogP contribution is -2.36. The number of aryl methyl sites for hydroxylation is 2. The Kier molecular flexibility index (Phi) is 5.33. The van der Waals surface area contributed by atoms with Gasteiger partial charge in [-0.15, -0.1) is 11.3 Å². The monoisotopic (exact) mass is 417 g/mol. The fourth-order valence-electron chi connectivity index (χ4n) is 3.57. The zero-order valence-electron chi connectivity index (χ0n) is 15.8. The highest BCUT2D eigenvalue weighted by molar-refractivity contribution is 7.89. The molecule has 3 aromatic rings. The number of sulfonamides is 1. The maximum atomic E-state index is 13.1. The van der Waals surface area contributed by atoms with E-state index in [1.165, 1.54) is 10.6 Å². The van der Waals surface area contributed by atoms with E-state index in [0.717, 1.165) is 16.3 Å².